The molecule has 1 N–H and O–H groups in total. The van der Waals surface area contributed by atoms with Crippen LogP contribution in [0.1, 0.15) is 0 Å². The first-order valence-electron chi connectivity index (χ1n) is 0.583. The van der Waals surface area contributed by atoms with Crippen molar-refractivity contribution in [2.75, 3.05) is 5.52 Å². The molecule has 0 saturated heterocycles. The number of alkyl halides is 1. The van der Waals surface area contributed by atoms with Gasteiger partial charge in [-0.25, -0.2) is 0 Å². The van der Waals surface area contributed by atoms with Crippen LogP contribution in [-0.4, -0.2) is 10.6 Å². The van der Waals surface area contributed by atoms with Gasteiger partial charge >= 0.3 is 0 Å². The van der Waals surface area contributed by atoms with Crippen LogP contribution in [0.3, 0.4) is 0 Å². The largest absolute Gasteiger partial charge is 0.385 e. The molecule has 0 aromatic rings. The summed E-state index contributed by atoms with van der Waals surface area (Å²) in [7, 11) is 0. The summed E-state index contributed by atoms with van der Waals surface area (Å²) in [5.41, 5.74) is 0.0625. The van der Waals surface area contributed by atoms with E-state index >= 15 is 0 Å². The van der Waals surface area contributed by atoms with E-state index in [2.05, 4.69) is 15.9 Å². The Morgan fingerprint density at radius 3 is 1.75 bits per heavy atom. The van der Waals surface area contributed by atoms with Crippen molar-refractivity contribution in [3.05, 3.63) is 0 Å². The van der Waals surface area contributed by atoms with E-state index in [1.54, 1.807) is 0 Å². The molecule has 0 aliphatic heterocycles. The van der Waals surface area contributed by atoms with Gasteiger partial charge in [-0.05, 0) is 0 Å². The molecule has 0 aliphatic rings. The first-order chi connectivity index (χ1) is 1.41. The van der Waals surface area contributed by atoms with Gasteiger partial charge in [0.1, 0.15) is 0 Å². The van der Waals surface area contributed by atoms with Crippen molar-refractivity contribution >= 4 is 15.9 Å². The molecule has 0 aromatic heterocycles. The first kappa shape index (κ1) is 9.11. The molecule has 1 nitrogen and oxygen atoms in total. The van der Waals surface area contributed by atoms with Gasteiger partial charge in [0, 0.05) is 32.7 Å². The van der Waals surface area contributed by atoms with E-state index in [4.69, 9.17) is 5.11 Å². The van der Waals surface area contributed by atoms with E-state index in [-0.39, 0.29) is 38.2 Å². The van der Waals surface area contributed by atoms with Crippen molar-refractivity contribution in [2.24, 2.45) is 0 Å². The summed E-state index contributed by atoms with van der Waals surface area (Å²) in [6.45, 7) is 0. The SMILES string of the molecule is OCBr.[Y]. The maximum Gasteiger partial charge on any atom is 0.0980 e. The smallest absolute Gasteiger partial charge is 0.0980 e. The van der Waals surface area contributed by atoms with Gasteiger partial charge in [0.15, 0.2) is 0 Å². The summed E-state index contributed by atoms with van der Waals surface area (Å²) >= 11 is 2.70. The van der Waals surface area contributed by atoms with Crippen LogP contribution < -0.4 is 0 Å². The normalized spacial score (nSPS) is 4.50. The second-order valence-electron chi connectivity index (χ2n) is 0.120. The van der Waals surface area contributed by atoms with Crippen molar-refractivity contribution in [1.82, 2.24) is 0 Å². The molecule has 1 radical (unpaired) electrons. The second kappa shape index (κ2) is 8.82. The van der Waals surface area contributed by atoms with Gasteiger partial charge in [0.25, 0.3) is 0 Å². The minimum Gasteiger partial charge on any atom is -0.385 e. The molecule has 0 amide bonds. The van der Waals surface area contributed by atoms with E-state index < -0.39 is 0 Å². The van der Waals surface area contributed by atoms with Gasteiger partial charge < -0.3 is 5.11 Å². The van der Waals surface area contributed by atoms with Crippen LogP contribution in [0.15, 0.2) is 0 Å². The van der Waals surface area contributed by atoms with E-state index in [9.17, 15) is 0 Å². The molecule has 0 unspecified atom stereocenters. The van der Waals surface area contributed by atoms with Gasteiger partial charge in [-0.2, -0.15) is 0 Å². The van der Waals surface area contributed by atoms with Crippen molar-refractivity contribution < 1.29 is 37.8 Å². The third-order valence-corrected chi connectivity index (χ3v) is 0. The van der Waals surface area contributed by atoms with Crippen LogP contribution in [-0.2, 0) is 32.7 Å². The predicted molar refractivity (Wildman–Crippen MR) is 16.0 cm³/mol. The topological polar surface area (TPSA) is 20.2 Å². The Labute approximate surface area is 58.8 Å². The van der Waals surface area contributed by atoms with Crippen LogP contribution in [0.5, 0.6) is 0 Å². The Morgan fingerprint density at radius 1 is 1.75 bits per heavy atom. The van der Waals surface area contributed by atoms with Gasteiger partial charge in [-0.1, -0.05) is 15.9 Å². The van der Waals surface area contributed by atoms with Gasteiger partial charge in [0.2, 0.25) is 0 Å². The fourth-order valence-electron chi connectivity index (χ4n) is 0. The summed E-state index contributed by atoms with van der Waals surface area (Å²) in [6, 6.07) is 0. The van der Waals surface area contributed by atoms with Crippen LogP contribution >= 0.6 is 15.9 Å². The third-order valence-electron chi connectivity index (χ3n) is 0. The minimum absolute atomic E-state index is 0. The quantitative estimate of drug-likeness (QED) is 0.558. The molecule has 0 atom stereocenters. The molecule has 23 valence electrons. The number of rotatable bonds is 0. The molecule has 0 fully saturated rings. The summed E-state index contributed by atoms with van der Waals surface area (Å²) in [4.78, 5) is 0. The summed E-state index contributed by atoms with van der Waals surface area (Å²) in [6.07, 6.45) is 0. The Balaban J connectivity index is 0. The number of hydrogen-bond acceptors (Lipinski definition) is 1. The molecule has 0 spiro atoms. The third kappa shape index (κ3) is 9.62. The molecule has 0 aliphatic carbocycles. The molecular weight excluding hydrogens is 197 g/mol. The van der Waals surface area contributed by atoms with Gasteiger partial charge in [-0.15, -0.1) is 0 Å². The summed E-state index contributed by atoms with van der Waals surface area (Å²) in [5.74, 6) is 0. The fraction of sp³-hybridized carbons (Fsp3) is 1.00. The van der Waals surface area contributed by atoms with Crippen LogP contribution in [0, 0.1) is 0 Å². The van der Waals surface area contributed by atoms with E-state index in [1.165, 1.54) is 0 Å². The minimum atomic E-state index is 0. The Morgan fingerprint density at radius 2 is 1.75 bits per heavy atom. The Kier molecular flexibility index (Phi) is 20.1. The van der Waals surface area contributed by atoms with Gasteiger partial charge in [-0.3, -0.25) is 0 Å². The average molecular weight is 200 g/mol. The van der Waals surface area contributed by atoms with Gasteiger partial charge in [0.05, 0.1) is 5.52 Å². The number of hydrogen-bond donors (Lipinski definition) is 1. The zero-order chi connectivity index (χ0) is 2.71. The molecule has 3 heteroatoms. The van der Waals surface area contributed by atoms with E-state index in [0.29, 0.717) is 0 Å². The Bertz CT molecular complexity index is 8.00. The Hall–Kier alpha value is 1.54. The molecule has 0 bridgehead atoms. The second-order valence-corrected chi connectivity index (χ2v) is 0.621. The fourth-order valence-corrected chi connectivity index (χ4v) is 0. The van der Waals surface area contributed by atoms with Crippen molar-refractivity contribution in [3.8, 4) is 0 Å². The molecule has 0 aromatic carbocycles. The van der Waals surface area contributed by atoms with Crippen molar-refractivity contribution in [1.29, 1.82) is 0 Å². The zero-order valence-electron chi connectivity index (χ0n) is 2.11. The summed E-state index contributed by atoms with van der Waals surface area (Å²) < 4.78 is 0. The van der Waals surface area contributed by atoms with Crippen LogP contribution in [0.25, 0.3) is 0 Å². The van der Waals surface area contributed by atoms with Crippen LogP contribution in [0.2, 0.25) is 0 Å². The predicted octanol–water partition coefficient (Wildman–Crippen LogP) is 0.329. The molecule has 0 saturated carbocycles. The summed E-state index contributed by atoms with van der Waals surface area (Å²) in [5, 5.41) is 7.49. The molecule has 4 heavy (non-hydrogen) atoms. The van der Waals surface area contributed by atoms with Crippen molar-refractivity contribution in [3.63, 3.8) is 0 Å². The van der Waals surface area contributed by atoms with E-state index in [1.807, 2.05) is 0 Å². The number of aliphatic hydroxyl groups is 1. The monoisotopic (exact) mass is 199 g/mol. The van der Waals surface area contributed by atoms with E-state index in [0.717, 1.165) is 0 Å². The maximum absolute atomic E-state index is 7.49. The van der Waals surface area contributed by atoms with Crippen LogP contribution in [0.4, 0.5) is 0 Å². The average Bonchev–Trinajstić information content (AvgIpc) is 0.918. The zero-order valence-corrected chi connectivity index (χ0v) is 6.53. The van der Waals surface area contributed by atoms with Crippen molar-refractivity contribution in [2.45, 2.75) is 0 Å². The standard InChI is InChI=1S/CH3BrO.Y/c2-1-3;/h3H,1H2;. The number of aliphatic hydroxyl groups excluding tert-OH is 1. The maximum atomic E-state index is 7.49. The first-order valence-corrected chi connectivity index (χ1v) is 1.70. The molecular formula is CH3BrOY. The molecule has 0 heterocycles. The molecule has 0 rings (SSSR count). The number of halogens is 1.